The van der Waals surface area contributed by atoms with E-state index in [0.29, 0.717) is 6.42 Å². The van der Waals surface area contributed by atoms with Crippen LogP contribution in [0.4, 0.5) is 4.79 Å². The van der Waals surface area contributed by atoms with E-state index in [1.807, 2.05) is 6.92 Å². The van der Waals surface area contributed by atoms with E-state index >= 15 is 0 Å². The number of rotatable bonds is 6. The molecule has 0 rings (SSSR count). The van der Waals surface area contributed by atoms with Gasteiger partial charge >= 0.3 is 12.1 Å². The second kappa shape index (κ2) is 7.63. The van der Waals surface area contributed by atoms with Crippen molar-refractivity contribution in [3.8, 4) is 0 Å². The van der Waals surface area contributed by atoms with Crippen molar-refractivity contribution in [3.63, 3.8) is 0 Å². The molecule has 7 heteroatoms. The summed E-state index contributed by atoms with van der Waals surface area (Å²) in [5.74, 6) is -1.54. The van der Waals surface area contributed by atoms with Gasteiger partial charge in [0, 0.05) is 0 Å². The highest BCUT2D eigenvalue weighted by molar-refractivity contribution is 5.85. The number of carbonyl (C=O) groups excluding carboxylic acids is 2. The van der Waals surface area contributed by atoms with Crippen LogP contribution < -0.4 is 0 Å². The van der Waals surface area contributed by atoms with Gasteiger partial charge in [-0.2, -0.15) is 9.68 Å². The van der Waals surface area contributed by atoms with E-state index in [1.54, 1.807) is 27.7 Å². The summed E-state index contributed by atoms with van der Waals surface area (Å²) >= 11 is 0. The molecule has 0 aliphatic carbocycles. The summed E-state index contributed by atoms with van der Waals surface area (Å²) in [4.78, 5) is 40.1. The standard InChI is InChI=1S/C12H20O7/c1-7-12(5,6)19-16-9(4)10(13)17-18-11(14)15-8(2)3/h8H,4,7H2,1-3,5-6H3. The summed E-state index contributed by atoms with van der Waals surface area (Å²) in [5, 5.41) is 0. The highest BCUT2D eigenvalue weighted by Crippen LogP contribution is 2.15. The minimum atomic E-state index is -1.13. The van der Waals surface area contributed by atoms with E-state index in [0.717, 1.165) is 0 Å². The quantitative estimate of drug-likeness (QED) is 0.242. The molecular formula is C12H20O7. The first-order valence-electron chi connectivity index (χ1n) is 5.82. The zero-order chi connectivity index (χ0) is 15.1. The Kier molecular flexibility index (Phi) is 6.92. The summed E-state index contributed by atoms with van der Waals surface area (Å²) in [6, 6.07) is 0. The fourth-order valence-corrected chi connectivity index (χ4v) is 0.586. The first-order valence-corrected chi connectivity index (χ1v) is 5.82. The molecule has 0 aromatic carbocycles. The van der Waals surface area contributed by atoms with E-state index in [9.17, 15) is 9.59 Å². The Bertz CT molecular complexity index is 333. The fraction of sp³-hybridized carbons (Fsp3) is 0.667. The molecule has 0 atom stereocenters. The molecule has 0 spiro atoms. The summed E-state index contributed by atoms with van der Waals surface area (Å²) in [7, 11) is 0. The Morgan fingerprint density at radius 2 is 1.74 bits per heavy atom. The molecule has 0 heterocycles. The lowest BCUT2D eigenvalue weighted by Crippen LogP contribution is -2.25. The molecule has 0 aliphatic heterocycles. The maximum absolute atomic E-state index is 11.3. The molecule has 0 aliphatic rings. The molecule has 0 aromatic heterocycles. The summed E-state index contributed by atoms with van der Waals surface area (Å²) in [5.41, 5.74) is -0.583. The summed E-state index contributed by atoms with van der Waals surface area (Å²) < 4.78 is 4.57. The van der Waals surface area contributed by atoms with Crippen LogP contribution in [-0.2, 0) is 29.1 Å². The lowest BCUT2D eigenvalue weighted by molar-refractivity contribution is -0.331. The second-order valence-electron chi connectivity index (χ2n) is 4.57. The monoisotopic (exact) mass is 276 g/mol. The SMILES string of the molecule is C=C(OOC(C)(C)CC)C(=O)OOC(=O)OC(C)C. The van der Waals surface area contributed by atoms with Crippen LogP contribution in [0.25, 0.3) is 0 Å². The minimum Gasteiger partial charge on any atom is -0.429 e. The van der Waals surface area contributed by atoms with Gasteiger partial charge in [0.1, 0.15) is 5.60 Å². The Morgan fingerprint density at radius 3 is 2.21 bits per heavy atom. The predicted octanol–water partition coefficient (Wildman–Crippen LogP) is 2.66. The van der Waals surface area contributed by atoms with E-state index in [-0.39, 0.29) is 6.10 Å². The van der Waals surface area contributed by atoms with Gasteiger partial charge in [-0.05, 0) is 40.7 Å². The van der Waals surface area contributed by atoms with Gasteiger partial charge in [-0.15, -0.1) is 0 Å². The van der Waals surface area contributed by atoms with Gasteiger partial charge in [-0.25, -0.2) is 14.6 Å². The molecule has 7 nitrogen and oxygen atoms in total. The van der Waals surface area contributed by atoms with E-state index < -0.39 is 23.5 Å². The van der Waals surface area contributed by atoms with Crippen molar-refractivity contribution in [2.75, 3.05) is 0 Å². The lowest BCUT2D eigenvalue weighted by Gasteiger charge is -2.21. The van der Waals surface area contributed by atoms with Gasteiger partial charge < -0.3 is 9.62 Å². The topological polar surface area (TPSA) is 80.3 Å². The zero-order valence-corrected chi connectivity index (χ0v) is 11.8. The summed E-state index contributed by atoms with van der Waals surface area (Å²) in [6.07, 6.45) is -0.864. The van der Waals surface area contributed by atoms with Gasteiger partial charge in [0.15, 0.2) is 0 Å². The normalized spacial score (nSPS) is 10.8. The van der Waals surface area contributed by atoms with Crippen LogP contribution in [0.3, 0.4) is 0 Å². The second-order valence-corrected chi connectivity index (χ2v) is 4.57. The molecule has 0 N–H and O–H groups in total. The highest BCUT2D eigenvalue weighted by atomic mass is 17.3. The van der Waals surface area contributed by atoms with Gasteiger partial charge in [0.25, 0.3) is 0 Å². The van der Waals surface area contributed by atoms with Gasteiger partial charge in [-0.1, -0.05) is 6.92 Å². The number of carbonyl (C=O) groups is 2. The largest absolute Gasteiger partial charge is 0.550 e. The van der Waals surface area contributed by atoms with Crippen molar-refractivity contribution < 1.29 is 33.9 Å². The molecular weight excluding hydrogens is 256 g/mol. The average Bonchev–Trinajstić information content (AvgIpc) is 2.32. The molecule has 0 unspecified atom stereocenters. The number of hydrogen-bond donors (Lipinski definition) is 0. The first kappa shape index (κ1) is 17.2. The van der Waals surface area contributed by atoms with Gasteiger partial charge in [0.05, 0.1) is 6.10 Å². The third-order valence-electron chi connectivity index (χ3n) is 1.96. The molecule has 110 valence electrons. The molecule has 19 heavy (non-hydrogen) atoms. The summed E-state index contributed by atoms with van der Waals surface area (Å²) in [6.45, 7) is 11.9. The van der Waals surface area contributed by atoms with E-state index in [1.165, 1.54) is 0 Å². The number of hydrogen-bond acceptors (Lipinski definition) is 7. The third kappa shape index (κ3) is 8.04. The zero-order valence-electron chi connectivity index (χ0n) is 11.8. The third-order valence-corrected chi connectivity index (χ3v) is 1.96. The fourth-order valence-electron chi connectivity index (χ4n) is 0.586. The molecule has 0 bridgehead atoms. The first-order chi connectivity index (χ1) is 8.68. The molecule has 0 radical (unpaired) electrons. The van der Waals surface area contributed by atoms with E-state index in [2.05, 4.69) is 26.0 Å². The Balaban J connectivity index is 4.02. The molecule has 0 saturated carbocycles. The maximum Gasteiger partial charge on any atom is 0.550 e. The van der Waals surface area contributed by atoms with Crippen molar-refractivity contribution in [3.05, 3.63) is 12.3 Å². The van der Waals surface area contributed by atoms with Crippen LogP contribution in [-0.4, -0.2) is 23.8 Å². The van der Waals surface area contributed by atoms with Crippen molar-refractivity contribution >= 4 is 12.1 Å². The predicted molar refractivity (Wildman–Crippen MR) is 64.5 cm³/mol. The smallest absolute Gasteiger partial charge is 0.429 e. The van der Waals surface area contributed by atoms with Crippen LogP contribution in [0.1, 0.15) is 41.0 Å². The van der Waals surface area contributed by atoms with Crippen LogP contribution >= 0.6 is 0 Å². The van der Waals surface area contributed by atoms with Crippen molar-refractivity contribution in [2.45, 2.75) is 52.7 Å². The van der Waals surface area contributed by atoms with Crippen LogP contribution in [0.15, 0.2) is 12.3 Å². The molecule has 0 amide bonds. The van der Waals surface area contributed by atoms with Gasteiger partial charge in [-0.3, -0.25) is 0 Å². The Morgan fingerprint density at radius 1 is 1.16 bits per heavy atom. The average molecular weight is 276 g/mol. The number of ether oxygens (including phenoxy) is 1. The highest BCUT2D eigenvalue weighted by Gasteiger charge is 2.22. The van der Waals surface area contributed by atoms with Crippen molar-refractivity contribution in [1.82, 2.24) is 0 Å². The maximum atomic E-state index is 11.3. The van der Waals surface area contributed by atoms with Crippen molar-refractivity contribution in [2.24, 2.45) is 0 Å². The minimum absolute atomic E-state index is 0.389. The van der Waals surface area contributed by atoms with E-state index in [4.69, 9.17) is 4.89 Å². The van der Waals surface area contributed by atoms with Crippen molar-refractivity contribution in [1.29, 1.82) is 0 Å². The van der Waals surface area contributed by atoms with Crippen LogP contribution in [0.5, 0.6) is 0 Å². The van der Waals surface area contributed by atoms with Crippen LogP contribution in [0, 0.1) is 0 Å². The Hall–Kier alpha value is -1.76. The molecule has 0 fully saturated rings. The Labute approximate surface area is 112 Å². The van der Waals surface area contributed by atoms with Gasteiger partial charge in [0.2, 0.25) is 5.76 Å². The lowest BCUT2D eigenvalue weighted by atomic mass is 10.1. The molecule has 0 aromatic rings. The van der Waals surface area contributed by atoms with Crippen LogP contribution in [0.2, 0.25) is 0 Å². The molecule has 0 saturated heterocycles.